The standard InChI is InChI=1S/C21H19F3N4O3S/c22-21(23,24)30-16-5-2-1-4-15(16)7-8-19(29)28-11-9-27(10-12-28)14-18-25-20(26-31-18)17-6-3-13-32-17/h1-8,13H,9-12,14H2/b8-7+. The third-order valence-corrected chi connectivity index (χ3v) is 5.67. The van der Waals surface area contributed by atoms with E-state index in [0.717, 1.165) is 4.88 Å². The molecule has 3 heterocycles. The highest BCUT2D eigenvalue weighted by atomic mass is 32.1. The maximum Gasteiger partial charge on any atom is 0.573 e. The van der Waals surface area contributed by atoms with Gasteiger partial charge in [-0.25, -0.2) is 0 Å². The first-order valence-electron chi connectivity index (χ1n) is 9.78. The van der Waals surface area contributed by atoms with Crippen LogP contribution in [0.4, 0.5) is 13.2 Å². The van der Waals surface area contributed by atoms with Gasteiger partial charge in [0.1, 0.15) is 5.75 Å². The molecule has 0 spiro atoms. The summed E-state index contributed by atoms with van der Waals surface area (Å²) in [7, 11) is 0. The van der Waals surface area contributed by atoms with Crippen LogP contribution in [0.1, 0.15) is 11.5 Å². The maximum absolute atomic E-state index is 12.5. The van der Waals surface area contributed by atoms with Gasteiger partial charge in [0.05, 0.1) is 11.4 Å². The van der Waals surface area contributed by atoms with E-state index < -0.39 is 6.36 Å². The number of hydrogen-bond acceptors (Lipinski definition) is 7. The van der Waals surface area contributed by atoms with E-state index in [0.29, 0.717) is 44.4 Å². The molecular weight excluding hydrogens is 445 g/mol. The van der Waals surface area contributed by atoms with Gasteiger partial charge in [-0.2, -0.15) is 4.98 Å². The van der Waals surface area contributed by atoms with E-state index in [-0.39, 0.29) is 17.2 Å². The van der Waals surface area contributed by atoms with E-state index in [4.69, 9.17) is 4.52 Å². The lowest BCUT2D eigenvalue weighted by atomic mass is 10.2. The monoisotopic (exact) mass is 464 g/mol. The van der Waals surface area contributed by atoms with Crippen LogP contribution in [-0.2, 0) is 11.3 Å². The van der Waals surface area contributed by atoms with Crippen LogP contribution in [-0.4, -0.2) is 58.4 Å². The molecule has 1 fully saturated rings. The van der Waals surface area contributed by atoms with Gasteiger partial charge in [0.25, 0.3) is 0 Å². The number of para-hydroxylation sites is 1. The predicted molar refractivity (Wildman–Crippen MR) is 112 cm³/mol. The molecule has 1 saturated heterocycles. The zero-order valence-electron chi connectivity index (χ0n) is 16.8. The number of rotatable bonds is 6. The Morgan fingerprint density at radius 1 is 1.16 bits per heavy atom. The molecule has 0 aliphatic carbocycles. The van der Waals surface area contributed by atoms with Crippen molar-refractivity contribution in [2.45, 2.75) is 12.9 Å². The van der Waals surface area contributed by atoms with Crippen molar-refractivity contribution < 1.29 is 27.2 Å². The Labute approximate surface area is 185 Å². The number of ether oxygens (including phenoxy) is 1. The van der Waals surface area contributed by atoms with Crippen LogP contribution in [0.25, 0.3) is 16.8 Å². The van der Waals surface area contributed by atoms with Gasteiger partial charge in [0, 0.05) is 37.8 Å². The Morgan fingerprint density at radius 2 is 1.94 bits per heavy atom. The van der Waals surface area contributed by atoms with Gasteiger partial charge in [-0.15, -0.1) is 24.5 Å². The molecule has 1 amide bonds. The van der Waals surface area contributed by atoms with E-state index >= 15 is 0 Å². The van der Waals surface area contributed by atoms with Crippen molar-refractivity contribution in [1.29, 1.82) is 0 Å². The van der Waals surface area contributed by atoms with Gasteiger partial charge in [0.2, 0.25) is 17.6 Å². The molecule has 0 saturated carbocycles. The number of carbonyl (C=O) groups excluding carboxylic acids is 1. The van der Waals surface area contributed by atoms with Crippen molar-refractivity contribution in [2.24, 2.45) is 0 Å². The minimum absolute atomic E-state index is 0.176. The molecule has 1 aliphatic heterocycles. The van der Waals surface area contributed by atoms with E-state index in [1.807, 2.05) is 17.5 Å². The first kappa shape index (κ1) is 22.0. The third kappa shape index (κ3) is 5.74. The predicted octanol–water partition coefficient (Wildman–Crippen LogP) is 4.05. The average molecular weight is 464 g/mol. The Morgan fingerprint density at radius 3 is 2.66 bits per heavy atom. The van der Waals surface area contributed by atoms with Crippen molar-refractivity contribution in [1.82, 2.24) is 19.9 Å². The van der Waals surface area contributed by atoms with Gasteiger partial charge >= 0.3 is 6.36 Å². The van der Waals surface area contributed by atoms with Crippen molar-refractivity contribution in [3.8, 4) is 16.5 Å². The summed E-state index contributed by atoms with van der Waals surface area (Å²) in [5.74, 6) is 0.442. The van der Waals surface area contributed by atoms with E-state index in [1.165, 1.54) is 41.7 Å². The average Bonchev–Trinajstić information content (AvgIpc) is 3.44. The lowest BCUT2D eigenvalue weighted by Gasteiger charge is -2.33. The summed E-state index contributed by atoms with van der Waals surface area (Å²) in [6, 6.07) is 9.52. The van der Waals surface area contributed by atoms with Crippen LogP contribution in [0.5, 0.6) is 5.75 Å². The topological polar surface area (TPSA) is 71.7 Å². The van der Waals surface area contributed by atoms with Crippen molar-refractivity contribution in [3.05, 3.63) is 59.3 Å². The van der Waals surface area contributed by atoms with E-state index in [9.17, 15) is 18.0 Å². The highest BCUT2D eigenvalue weighted by Gasteiger charge is 2.31. The lowest BCUT2D eigenvalue weighted by Crippen LogP contribution is -2.47. The second-order valence-corrected chi connectivity index (χ2v) is 7.96. The second-order valence-electron chi connectivity index (χ2n) is 7.01. The fourth-order valence-corrected chi connectivity index (χ4v) is 3.89. The minimum atomic E-state index is -4.80. The number of alkyl halides is 3. The number of amides is 1. The Hall–Kier alpha value is -3.18. The number of piperazine rings is 1. The number of carbonyl (C=O) groups is 1. The number of nitrogens with zero attached hydrogens (tertiary/aromatic N) is 4. The zero-order valence-corrected chi connectivity index (χ0v) is 17.6. The maximum atomic E-state index is 12.5. The SMILES string of the molecule is O=C(/C=C/c1ccccc1OC(F)(F)F)N1CCN(Cc2nc(-c3cccs3)no2)CC1. The fraction of sp³-hybridized carbons (Fsp3) is 0.286. The van der Waals surface area contributed by atoms with E-state index in [1.54, 1.807) is 11.0 Å². The first-order valence-corrected chi connectivity index (χ1v) is 10.7. The Bertz CT molecular complexity index is 1070. The van der Waals surface area contributed by atoms with Gasteiger partial charge in [-0.05, 0) is 23.6 Å². The normalized spacial score (nSPS) is 15.4. The molecule has 7 nitrogen and oxygen atoms in total. The number of aromatic nitrogens is 2. The van der Waals surface area contributed by atoms with Gasteiger partial charge < -0.3 is 14.2 Å². The van der Waals surface area contributed by atoms with Gasteiger partial charge in [-0.1, -0.05) is 29.4 Å². The van der Waals surface area contributed by atoms with Crippen LogP contribution >= 0.6 is 11.3 Å². The molecule has 2 aromatic heterocycles. The van der Waals surface area contributed by atoms with Crippen LogP contribution in [0, 0.1) is 0 Å². The lowest BCUT2D eigenvalue weighted by molar-refractivity contribution is -0.274. The smallest absolute Gasteiger partial charge is 0.405 e. The first-order chi connectivity index (χ1) is 15.4. The fourth-order valence-electron chi connectivity index (χ4n) is 3.24. The van der Waals surface area contributed by atoms with Crippen LogP contribution in [0.15, 0.2) is 52.4 Å². The molecule has 1 aliphatic rings. The number of hydrogen-bond donors (Lipinski definition) is 0. The number of benzene rings is 1. The highest BCUT2D eigenvalue weighted by Crippen LogP contribution is 2.27. The van der Waals surface area contributed by atoms with Crippen molar-refractivity contribution >= 4 is 23.3 Å². The molecule has 32 heavy (non-hydrogen) atoms. The van der Waals surface area contributed by atoms with Crippen LogP contribution in [0.2, 0.25) is 0 Å². The largest absolute Gasteiger partial charge is 0.573 e. The van der Waals surface area contributed by atoms with Crippen LogP contribution in [0.3, 0.4) is 0 Å². The molecule has 4 rings (SSSR count). The molecule has 0 atom stereocenters. The van der Waals surface area contributed by atoms with Crippen molar-refractivity contribution in [3.63, 3.8) is 0 Å². The van der Waals surface area contributed by atoms with E-state index in [2.05, 4.69) is 19.8 Å². The summed E-state index contributed by atoms with van der Waals surface area (Å²) in [5, 5.41) is 5.94. The molecule has 0 unspecified atom stereocenters. The number of halogens is 3. The van der Waals surface area contributed by atoms with Crippen LogP contribution < -0.4 is 4.74 Å². The molecule has 1 aromatic carbocycles. The van der Waals surface area contributed by atoms with Gasteiger partial charge in [0.15, 0.2) is 0 Å². The summed E-state index contributed by atoms with van der Waals surface area (Å²) in [6.07, 6.45) is -2.20. The third-order valence-electron chi connectivity index (χ3n) is 4.80. The number of thiophene rings is 1. The summed E-state index contributed by atoms with van der Waals surface area (Å²) in [6.45, 7) is 2.68. The molecular formula is C21H19F3N4O3S. The van der Waals surface area contributed by atoms with Crippen molar-refractivity contribution in [2.75, 3.05) is 26.2 Å². The summed E-state index contributed by atoms with van der Waals surface area (Å²) in [5.41, 5.74) is 0.176. The Kier molecular flexibility index (Phi) is 6.56. The second kappa shape index (κ2) is 9.53. The molecule has 0 radical (unpaired) electrons. The zero-order chi connectivity index (χ0) is 22.6. The molecule has 3 aromatic rings. The summed E-state index contributed by atoms with van der Waals surface area (Å²) in [4.78, 5) is 21.6. The molecule has 168 valence electrons. The molecule has 0 bridgehead atoms. The summed E-state index contributed by atoms with van der Waals surface area (Å²) < 4.78 is 46.9. The highest BCUT2D eigenvalue weighted by molar-refractivity contribution is 7.13. The Balaban J connectivity index is 1.30. The molecule has 11 heteroatoms. The minimum Gasteiger partial charge on any atom is -0.405 e. The molecule has 0 N–H and O–H groups in total. The summed E-state index contributed by atoms with van der Waals surface area (Å²) >= 11 is 1.53. The quantitative estimate of drug-likeness (QED) is 0.513. The van der Waals surface area contributed by atoms with Gasteiger partial charge in [-0.3, -0.25) is 9.69 Å².